The maximum atomic E-state index is 5.85. The van der Waals surface area contributed by atoms with Crippen molar-refractivity contribution >= 4 is 0 Å². The van der Waals surface area contributed by atoms with Gasteiger partial charge in [-0.15, -0.1) is 0 Å². The number of nitrogens with zero attached hydrogens (tertiary/aromatic N) is 2. The van der Waals surface area contributed by atoms with Gasteiger partial charge in [0, 0.05) is 35.6 Å². The fourth-order valence-corrected chi connectivity index (χ4v) is 2.54. The van der Waals surface area contributed by atoms with E-state index in [0.29, 0.717) is 0 Å². The predicted molar refractivity (Wildman–Crippen MR) is 80.6 cm³/mol. The van der Waals surface area contributed by atoms with Gasteiger partial charge in [0.05, 0.1) is 0 Å². The first-order valence-corrected chi connectivity index (χ1v) is 7.45. The third-order valence-electron chi connectivity index (χ3n) is 3.91. The summed E-state index contributed by atoms with van der Waals surface area (Å²) < 4.78 is 5.85. The molecule has 1 saturated heterocycles. The number of rotatable bonds is 3. The molecule has 1 fully saturated rings. The molecule has 0 radical (unpaired) electrons. The van der Waals surface area contributed by atoms with Crippen LogP contribution >= 0.6 is 0 Å². The summed E-state index contributed by atoms with van der Waals surface area (Å²) in [5, 5.41) is 3.51. The molecule has 1 aromatic rings. The SMILES string of the molecule is Cc1nc(C2(C)CCCO2)nc(C)c1CNC(C)(C)C. The fraction of sp³-hybridized carbons (Fsp3) is 0.750. The van der Waals surface area contributed by atoms with Gasteiger partial charge in [-0.05, 0) is 54.4 Å². The van der Waals surface area contributed by atoms with E-state index in [1.807, 2.05) is 0 Å². The first-order chi connectivity index (χ1) is 9.21. The lowest BCUT2D eigenvalue weighted by Crippen LogP contribution is -2.36. The molecule has 4 nitrogen and oxygen atoms in total. The Morgan fingerprint density at radius 3 is 2.25 bits per heavy atom. The highest BCUT2D eigenvalue weighted by atomic mass is 16.5. The Labute approximate surface area is 122 Å². The summed E-state index contributed by atoms with van der Waals surface area (Å²) in [6.45, 7) is 14.3. The van der Waals surface area contributed by atoms with Crippen molar-refractivity contribution in [2.75, 3.05) is 6.61 Å². The lowest BCUT2D eigenvalue weighted by atomic mass is 10.0. The van der Waals surface area contributed by atoms with E-state index < -0.39 is 0 Å². The summed E-state index contributed by atoms with van der Waals surface area (Å²) in [5.74, 6) is 0.838. The van der Waals surface area contributed by atoms with Crippen molar-refractivity contribution < 1.29 is 4.74 Å². The Kier molecular flexibility index (Phi) is 4.17. The molecule has 112 valence electrons. The van der Waals surface area contributed by atoms with Crippen LogP contribution in [0.15, 0.2) is 0 Å². The van der Waals surface area contributed by atoms with Crippen LogP contribution in [0.1, 0.15) is 63.3 Å². The molecule has 0 amide bonds. The summed E-state index contributed by atoms with van der Waals surface area (Å²) >= 11 is 0. The summed E-state index contributed by atoms with van der Waals surface area (Å²) in [7, 11) is 0. The number of aromatic nitrogens is 2. The Morgan fingerprint density at radius 2 is 1.80 bits per heavy atom. The lowest BCUT2D eigenvalue weighted by molar-refractivity contribution is 0.00901. The van der Waals surface area contributed by atoms with Gasteiger partial charge in [0.15, 0.2) is 5.82 Å². The van der Waals surface area contributed by atoms with Crippen molar-refractivity contribution in [2.24, 2.45) is 0 Å². The van der Waals surface area contributed by atoms with Crippen molar-refractivity contribution in [3.05, 3.63) is 22.8 Å². The molecule has 4 heteroatoms. The Hall–Kier alpha value is -1.00. The monoisotopic (exact) mass is 277 g/mol. The van der Waals surface area contributed by atoms with Gasteiger partial charge in [-0.1, -0.05) is 0 Å². The van der Waals surface area contributed by atoms with Crippen LogP contribution in [0.3, 0.4) is 0 Å². The third-order valence-corrected chi connectivity index (χ3v) is 3.91. The Balaban J connectivity index is 2.25. The van der Waals surface area contributed by atoms with Crippen LogP contribution in [-0.2, 0) is 16.9 Å². The standard InChI is InChI=1S/C16H27N3O/c1-11-13(10-17-15(3,4)5)12(2)19-14(18-11)16(6)8-7-9-20-16/h17H,7-10H2,1-6H3. The Bertz CT molecular complexity index is 462. The number of hydrogen-bond acceptors (Lipinski definition) is 4. The molecule has 1 aliphatic heterocycles. The first kappa shape index (κ1) is 15.4. The zero-order valence-corrected chi connectivity index (χ0v) is 13.6. The molecule has 0 aromatic carbocycles. The quantitative estimate of drug-likeness (QED) is 0.922. The average Bonchev–Trinajstić information content (AvgIpc) is 2.74. The van der Waals surface area contributed by atoms with Gasteiger partial charge >= 0.3 is 0 Å². The smallest absolute Gasteiger partial charge is 0.160 e. The van der Waals surface area contributed by atoms with Gasteiger partial charge in [-0.25, -0.2) is 9.97 Å². The molecule has 1 atom stereocenters. The maximum Gasteiger partial charge on any atom is 0.160 e. The van der Waals surface area contributed by atoms with Crippen molar-refractivity contribution in [1.29, 1.82) is 0 Å². The van der Waals surface area contributed by atoms with Crippen LogP contribution in [0.4, 0.5) is 0 Å². The van der Waals surface area contributed by atoms with Gasteiger partial charge < -0.3 is 10.1 Å². The average molecular weight is 277 g/mol. The highest BCUT2D eigenvalue weighted by Gasteiger charge is 2.35. The summed E-state index contributed by atoms with van der Waals surface area (Å²) in [6, 6.07) is 0. The summed E-state index contributed by atoms with van der Waals surface area (Å²) in [6.07, 6.45) is 2.09. The second-order valence-corrected chi connectivity index (χ2v) is 6.98. The molecule has 1 aliphatic rings. The van der Waals surface area contributed by atoms with E-state index in [-0.39, 0.29) is 11.1 Å². The molecule has 0 bridgehead atoms. The topological polar surface area (TPSA) is 47.0 Å². The van der Waals surface area contributed by atoms with E-state index in [4.69, 9.17) is 14.7 Å². The summed E-state index contributed by atoms with van der Waals surface area (Å²) in [5.41, 5.74) is 3.11. The molecular formula is C16H27N3O. The van der Waals surface area contributed by atoms with E-state index in [0.717, 1.165) is 43.2 Å². The van der Waals surface area contributed by atoms with Gasteiger partial charge in [-0.3, -0.25) is 0 Å². The van der Waals surface area contributed by atoms with Crippen molar-refractivity contribution in [3.63, 3.8) is 0 Å². The van der Waals surface area contributed by atoms with Crippen LogP contribution in [0, 0.1) is 13.8 Å². The largest absolute Gasteiger partial charge is 0.367 e. The number of ether oxygens (including phenoxy) is 1. The van der Waals surface area contributed by atoms with Gasteiger partial charge in [-0.2, -0.15) is 0 Å². The van der Waals surface area contributed by atoms with E-state index in [9.17, 15) is 0 Å². The van der Waals surface area contributed by atoms with E-state index in [1.54, 1.807) is 0 Å². The lowest BCUT2D eigenvalue weighted by Gasteiger charge is -2.25. The van der Waals surface area contributed by atoms with Gasteiger partial charge in [0.25, 0.3) is 0 Å². The molecule has 1 unspecified atom stereocenters. The molecule has 0 spiro atoms. The van der Waals surface area contributed by atoms with Crippen LogP contribution < -0.4 is 5.32 Å². The zero-order chi connectivity index (χ0) is 15.0. The molecule has 1 N–H and O–H groups in total. The van der Waals surface area contributed by atoms with E-state index >= 15 is 0 Å². The van der Waals surface area contributed by atoms with Crippen LogP contribution in [0.2, 0.25) is 0 Å². The van der Waals surface area contributed by atoms with Crippen LogP contribution in [-0.4, -0.2) is 22.1 Å². The normalized spacial score (nSPS) is 23.3. The molecule has 1 aromatic heterocycles. The highest BCUT2D eigenvalue weighted by molar-refractivity contribution is 5.26. The van der Waals surface area contributed by atoms with Crippen molar-refractivity contribution in [3.8, 4) is 0 Å². The minimum Gasteiger partial charge on any atom is -0.367 e. The van der Waals surface area contributed by atoms with E-state index in [2.05, 4.69) is 46.9 Å². The van der Waals surface area contributed by atoms with Crippen LogP contribution in [0.5, 0.6) is 0 Å². The second-order valence-electron chi connectivity index (χ2n) is 6.98. The second kappa shape index (κ2) is 5.41. The molecule has 2 heterocycles. The van der Waals surface area contributed by atoms with E-state index in [1.165, 1.54) is 5.56 Å². The number of hydrogen-bond donors (Lipinski definition) is 1. The van der Waals surface area contributed by atoms with Gasteiger partial charge in [0.2, 0.25) is 0 Å². The third kappa shape index (κ3) is 3.36. The molecule has 0 saturated carbocycles. The van der Waals surface area contributed by atoms with Crippen LogP contribution in [0.25, 0.3) is 0 Å². The first-order valence-electron chi connectivity index (χ1n) is 7.45. The fourth-order valence-electron chi connectivity index (χ4n) is 2.54. The summed E-state index contributed by atoms with van der Waals surface area (Å²) in [4.78, 5) is 9.42. The maximum absolute atomic E-state index is 5.85. The molecule has 2 rings (SSSR count). The zero-order valence-electron chi connectivity index (χ0n) is 13.6. The van der Waals surface area contributed by atoms with Gasteiger partial charge in [0.1, 0.15) is 5.60 Å². The minimum absolute atomic E-state index is 0.0953. The number of nitrogens with one attached hydrogen (secondary N) is 1. The van der Waals surface area contributed by atoms with Crippen molar-refractivity contribution in [2.45, 2.75) is 72.1 Å². The van der Waals surface area contributed by atoms with Crippen molar-refractivity contribution in [1.82, 2.24) is 15.3 Å². The predicted octanol–water partition coefficient (Wildman–Crippen LogP) is 3.01. The molecular weight excluding hydrogens is 250 g/mol. The minimum atomic E-state index is -0.300. The number of aryl methyl sites for hydroxylation is 2. The molecule has 20 heavy (non-hydrogen) atoms. The highest BCUT2D eigenvalue weighted by Crippen LogP contribution is 2.34. The molecule has 0 aliphatic carbocycles. The Morgan fingerprint density at radius 1 is 1.20 bits per heavy atom.